The van der Waals surface area contributed by atoms with Crippen molar-refractivity contribution < 1.29 is 9.90 Å². The second kappa shape index (κ2) is 7.42. The fourth-order valence-electron chi connectivity index (χ4n) is 3.53. The summed E-state index contributed by atoms with van der Waals surface area (Å²) in [4.78, 5) is 13.7. The molecule has 1 N–H and O–H groups in total. The molecule has 0 spiro atoms. The summed E-state index contributed by atoms with van der Waals surface area (Å²) >= 11 is 0. The molecule has 1 aliphatic heterocycles. The van der Waals surface area contributed by atoms with Crippen LogP contribution in [0.1, 0.15) is 42.0 Å². The quantitative estimate of drug-likeness (QED) is 0.906. The molecule has 2 aromatic rings. The third-order valence-corrected chi connectivity index (χ3v) is 4.60. The van der Waals surface area contributed by atoms with E-state index in [0.29, 0.717) is 6.04 Å². The number of hydrogen-bond acceptors (Lipinski definition) is 2. The third kappa shape index (κ3) is 3.99. The highest BCUT2D eigenvalue weighted by atomic mass is 16.4. The highest BCUT2D eigenvalue weighted by Gasteiger charge is 2.26. The Labute approximate surface area is 137 Å². The molecule has 3 rings (SSSR count). The van der Waals surface area contributed by atoms with Crippen molar-refractivity contribution >= 4 is 5.97 Å². The predicted octanol–water partition coefficient (Wildman–Crippen LogP) is 4.04. The number of hydrogen-bond donors (Lipinski definition) is 1. The van der Waals surface area contributed by atoms with Crippen molar-refractivity contribution in [3.8, 4) is 0 Å². The number of carboxylic acids is 1. The number of likely N-dealkylation sites (tertiary alicyclic amines) is 1. The van der Waals surface area contributed by atoms with Gasteiger partial charge in [-0.2, -0.15) is 0 Å². The minimum atomic E-state index is -0.761. The minimum absolute atomic E-state index is 0.103. The van der Waals surface area contributed by atoms with Crippen molar-refractivity contribution in [1.82, 2.24) is 4.90 Å². The van der Waals surface area contributed by atoms with Gasteiger partial charge in [-0.05, 0) is 36.1 Å². The van der Waals surface area contributed by atoms with E-state index in [0.717, 1.165) is 25.1 Å². The van der Waals surface area contributed by atoms with E-state index in [1.54, 1.807) is 0 Å². The Bertz CT molecular complexity index is 654. The Hall–Kier alpha value is -2.13. The van der Waals surface area contributed by atoms with Gasteiger partial charge in [-0.1, -0.05) is 61.0 Å². The first-order chi connectivity index (χ1) is 11.2. The van der Waals surface area contributed by atoms with Crippen LogP contribution in [0.15, 0.2) is 54.6 Å². The zero-order valence-corrected chi connectivity index (χ0v) is 13.3. The molecular weight excluding hydrogens is 286 g/mol. The van der Waals surface area contributed by atoms with E-state index >= 15 is 0 Å². The summed E-state index contributed by atoms with van der Waals surface area (Å²) < 4.78 is 0. The lowest BCUT2D eigenvalue weighted by Crippen LogP contribution is -2.33. The molecule has 0 aliphatic carbocycles. The fourth-order valence-corrected chi connectivity index (χ4v) is 3.53. The Morgan fingerprint density at radius 1 is 1.04 bits per heavy atom. The molecule has 1 atom stereocenters. The van der Waals surface area contributed by atoms with Crippen molar-refractivity contribution in [2.45, 2.75) is 38.3 Å². The molecule has 0 bridgehead atoms. The van der Waals surface area contributed by atoms with Crippen LogP contribution in [0.5, 0.6) is 0 Å². The van der Waals surface area contributed by atoms with Gasteiger partial charge in [0.25, 0.3) is 0 Å². The van der Waals surface area contributed by atoms with Crippen LogP contribution in [0.25, 0.3) is 0 Å². The van der Waals surface area contributed by atoms with E-state index in [1.165, 1.54) is 24.0 Å². The average molecular weight is 309 g/mol. The minimum Gasteiger partial charge on any atom is -0.481 e. The zero-order valence-electron chi connectivity index (χ0n) is 13.3. The third-order valence-electron chi connectivity index (χ3n) is 4.60. The number of rotatable bonds is 5. The average Bonchev–Trinajstić information content (AvgIpc) is 2.56. The van der Waals surface area contributed by atoms with E-state index in [2.05, 4.69) is 35.2 Å². The van der Waals surface area contributed by atoms with Gasteiger partial charge in [0, 0.05) is 12.6 Å². The van der Waals surface area contributed by atoms with Gasteiger partial charge in [-0.15, -0.1) is 0 Å². The summed E-state index contributed by atoms with van der Waals surface area (Å²) in [7, 11) is 0. The molecule has 3 heteroatoms. The second-order valence-corrected chi connectivity index (χ2v) is 6.24. The standard InChI is InChI=1S/C20H23NO2/c22-20(23)14-17-10-4-5-11-18(17)19-12-6-7-13-21(19)15-16-8-2-1-3-9-16/h1-5,8-11,19H,6-7,12-15H2,(H,22,23). The second-order valence-electron chi connectivity index (χ2n) is 6.24. The van der Waals surface area contributed by atoms with Crippen LogP contribution in [0.3, 0.4) is 0 Å². The lowest BCUT2D eigenvalue weighted by atomic mass is 9.90. The monoisotopic (exact) mass is 309 g/mol. The van der Waals surface area contributed by atoms with Crippen molar-refractivity contribution in [3.63, 3.8) is 0 Å². The van der Waals surface area contributed by atoms with Gasteiger partial charge >= 0.3 is 5.97 Å². The Balaban J connectivity index is 1.85. The summed E-state index contributed by atoms with van der Waals surface area (Å²) in [5, 5.41) is 9.18. The lowest BCUT2D eigenvalue weighted by molar-refractivity contribution is -0.136. The van der Waals surface area contributed by atoms with E-state index in [-0.39, 0.29) is 6.42 Å². The van der Waals surface area contributed by atoms with Crippen molar-refractivity contribution in [2.24, 2.45) is 0 Å². The van der Waals surface area contributed by atoms with Gasteiger partial charge in [-0.25, -0.2) is 0 Å². The molecule has 0 amide bonds. The first-order valence-electron chi connectivity index (χ1n) is 8.31. The molecule has 0 saturated carbocycles. The molecule has 3 nitrogen and oxygen atoms in total. The van der Waals surface area contributed by atoms with Gasteiger partial charge in [0.2, 0.25) is 0 Å². The Morgan fingerprint density at radius 2 is 1.78 bits per heavy atom. The normalized spacial score (nSPS) is 18.7. The predicted molar refractivity (Wildman–Crippen MR) is 91.2 cm³/mol. The molecular formula is C20H23NO2. The van der Waals surface area contributed by atoms with Crippen LogP contribution in [-0.4, -0.2) is 22.5 Å². The smallest absolute Gasteiger partial charge is 0.307 e. The van der Waals surface area contributed by atoms with Crippen LogP contribution < -0.4 is 0 Å². The molecule has 1 aliphatic rings. The number of piperidine rings is 1. The largest absolute Gasteiger partial charge is 0.481 e. The first kappa shape index (κ1) is 15.8. The Morgan fingerprint density at radius 3 is 2.57 bits per heavy atom. The zero-order chi connectivity index (χ0) is 16.1. The highest BCUT2D eigenvalue weighted by molar-refractivity contribution is 5.70. The number of carboxylic acid groups (broad SMARTS) is 1. The van der Waals surface area contributed by atoms with Crippen LogP contribution in [0, 0.1) is 0 Å². The van der Waals surface area contributed by atoms with E-state index in [4.69, 9.17) is 0 Å². The summed E-state index contributed by atoms with van der Waals surface area (Å²) in [6.45, 7) is 1.99. The summed E-state index contributed by atoms with van der Waals surface area (Å²) in [5.41, 5.74) is 3.45. The van der Waals surface area contributed by atoms with Crippen LogP contribution in [-0.2, 0) is 17.8 Å². The maximum Gasteiger partial charge on any atom is 0.307 e. The first-order valence-corrected chi connectivity index (χ1v) is 8.31. The number of nitrogens with zero attached hydrogens (tertiary/aromatic N) is 1. The molecule has 120 valence electrons. The van der Waals surface area contributed by atoms with E-state index < -0.39 is 5.97 Å². The van der Waals surface area contributed by atoms with Crippen LogP contribution in [0.4, 0.5) is 0 Å². The SMILES string of the molecule is O=C(O)Cc1ccccc1C1CCCCN1Cc1ccccc1. The maximum absolute atomic E-state index is 11.2. The molecule has 0 aromatic heterocycles. The van der Waals surface area contributed by atoms with Gasteiger partial charge in [-0.3, -0.25) is 9.69 Å². The van der Waals surface area contributed by atoms with Crippen LogP contribution in [0.2, 0.25) is 0 Å². The highest BCUT2D eigenvalue weighted by Crippen LogP contribution is 2.34. The topological polar surface area (TPSA) is 40.5 Å². The molecule has 1 unspecified atom stereocenters. The molecule has 1 heterocycles. The molecule has 1 saturated heterocycles. The van der Waals surface area contributed by atoms with Gasteiger partial charge in [0.15, 0.2) is 0 Å². The van der Waals surface area contributed by atoms with Crippen molar-refractivity contribution in [2.75, 3.05) is 6.54 Å². The molecule has 1 fully saturated rings. The lowest BCUT2D eigenvalue weighted by Gasteiger charge is -2.37. The van der Waals surface area contributed by atoms with Gasteiger partial charge in [0.1, 0.15) is 0 Å². The molecule has 0 radical (unpaired) electrons. The number of aliphatic carboxylic acids is 1. The number of carbonyl (C=O) groups is 1. The summed E-state index contributed by atoms with van der Waals surface area (Å²) in [6.07, 6.45) is 3.62. The van der Waals surface area contributed by atoms with Crippen molar-refractivity contribution in [3.05, 3.63) is 71.3 Å². The molecule has 2 aromatic carbocycles. The van der Waals surface area contributed by atoms with Gasteiger partial charge < -0.3 is 5.11 Å². The van der Waals surface area contributed by atoms with E-state index in [1.807, 2.05) is 24.3 Å². The Kier molecular flexibility index (Phi) is 5.09. The summed E-state index contributed by atoms with van der Waals surface area (Å²) in [6, 6.07) is 18.9. The van der Waals surface area contributed by atoms with E-state index in [9.17, 15) is 9.90 Å². The fraction of sp³-hybridized carbons (Fsp3) is 0.350. The summed E-state index contributed by atoms with van der Waals surface area (Å²) in [5.74, 6) is -0.761. The molecule has 23 heavy (non-hydrogen) atoms. The van der Waals surface area contributed by atoms with Gasteiger partial charge in [0.05, 0.1) is 6.42 Å². The number of benzene rings is 2. The van der Waals surface area contributed by atoms with Crippen molar-refractivity contribution in [1.29, 1.82) is 0 Å². The van der Waals surface area contributed by atoms with Crippen LogP contribution >= 0.6 is 0 Å². The maximum atomic E-state index is 11.2.